The van der Waals surface area contributed by atoms with Crippen LogP contribution in [0.5, 0.6) is 0 Å². The van der Waals surface area contributed by atoms with Crippen molar-refractivity contribution >= 4 is 59.6 Å². The summed E-state index contributed by atoms with van der Waals surface area (Å²) in [5.74, 6) is -5.51. The van der Waals surface area contributed by atoms with Crippen LogP contribution in [0.2, 0.25) is 0 Å². The molecular weight excluding hydrogens is 720 g/mol. The Bertz CT molecular complexity index is 1570. The van der Waals surface area contributed by atoms with Crippen molar-refractivity contribution in [3.05, 3.63) is 182 Å². The number of rotatable bonds is 6. The molecule has 12 heteroatoms. The lowest BCUT2D eigenvalue weighted by Gasteiger charge is -2.18. The standard InChI is InChI=1S/2C18H15P.2C2HF3O2/c2*1-4-10-16(11-5-1)19(17-12-6-2-7-13-17)18-14-8-3-9-15-18;2*3-2(4,5)1(6)7/h2*1-15H;2*(H,6,7). The number of carboxylic acids is 2. The molecule has 0 aromatic heterocycles. The van der Waals surface area contributed by atoms with Crippen molar-refractivity contribution in [3.8, 4) is 0 Å². The van der Waals surface area contributed by atoms with Gasteiger partial charge in [-0.1, -0.05) is 182 Å². The molecule has 268 valence electrons. The van der Waals surface area contributed by atoms with Gasteiger partial charge in [0.1, 0.15) is 0 Å². The average Bonchev–Trinajstić information content (AvgIpc) is 3.15. The molecule has 0 aliphatic rings. The van der Waals surface area contributed by atoms with Gasteiger partial charge in [-0.25, -0.2) is 9.59 Å². The largest absolute Gasteiger partial charge is 0.490 e. The first kappa shape index (κ1) is 41.1. The smallest absolute Gasteiger partial charge is 0.475 e. The van der Waals surface area contributed by atoms with E-state index in [9.17, 15) is 26.3 Å². The summed E-state index contributed by atoms with van der Waals surface area (Å²) < 4.78 is 63.5. The minimum absolute atomic E-state index is 0.446. The Morgan fingerprint density at radius 2 is 0.442 bits per heavy atom. The molecule has 0 saturated heterocycles. The van der Waals surface area contributed by atoms with Gasteiger partial charge in [0, 0.05) is 0 Å². The molecule has 6 aromatic carbocycles. The van der Waals surface area contributed by atoms with Crippen LogP contribution in [0.4, 0.5) is 26.3 Å². The maximum atomic E-state index is 10.6. The van der Waals surface area contributed by atoms with E-state index in [4.69, 9.17) is 19.8 Å². The Labute approximate surface area is 299 Å². The van der Waals surface area contributed by atoms with E-state index in [0.29, 0.717) is 0 Å². The molecule has 0 bridgehead atoms. The first-order valence-corrected chi connectivity index (χ1v) is 18.0. The van der Waals surface area contributed by atoms with Crippen molar-refractivity contribution in [2.75, 3.05) is 0 Å². The molecule has 4 nitrogen and oxygen atoms in total. The highest BCUT2D eigenvalue weighted by atomic mass is 31.1. The third-order valence-electron chi connectivity index (χ3n) is 6.57. The van der Waals surface area contributed by atoms with Gasteiger partial charge in [-0.2, -0.15) is 26.3 Å². The SMILES string of the molecule is O=C(O)C(F)(F)F.O=C(O)C(F)(F)F.c1ccc(P(c2ccccc2)c2ccccc2)cc1.c1ccc(P(c2ccccc2)c2ccccc2)cc1. The highest BCUT2D eigenvalue weighted by Crippen LogP contribution is 2.33. The van der Waals surface area contributed by atoms with Crippen molar-refractivity contribution in [1.29, 1.82) is 0 Å². The summed E-state index contributed by atoms with van der Waals surface area (Å²) in [6.07, 6.45) is -10.2. The van der Waals surface area contributed by atoms with Gasteiger partial charge in [-0.3, -0.25) is 0 Å². The zero-order valence-electron chi connectivity index (χ0n) is 27.2. The number of carbonyl (C=O) groups is 2. The molecule has 0 atom stereocenters. The van der Waals surface area contributed by atoms with Crippen LogP contribution < -0.4 is 31.8 Å². The van der Waals surface area contributed by atoms with Gasteiger partial charge in [-0.15, -0.1) is 0 Å². The molecule has 0 radical (unpaired) electrons. The van der Waals surface area contributed by atoms with E-state index in [0.717, 1.165) is 0 Å². The molecule has 0 aliphatic carbocycles. The first-order chi connectivity index (χ1) is 24.8. The fraction of sp³-hybridized carbons (Fsp3) is 0.0500. The lowest BCUT2D eigenvalue weighted by Crippen LogP contribution is -2.21. The molecule has 2 N–H and O–H groups in total. The third-order valence-corrected chi connectivity index (χ3v) is 11.5. The maximum Gasteiger partial charge on any atom is 0.490 e. The molecule has 6 aromatic rings. The molecule has 0 amide bonds. The third kappa shape index (κ3) is 13.8. The van der Waals surface area contributed by atoms with E-state index < -0.39 is 40.1 Å². The highest BCUT2D eigenvalue weighted by molar-refractivity contribution is 7.80. The van der Waals surface area contributed by atoms with Gasteiger partial charge in [-0.05, 0) is 47.7 Å². The van der Waals surface area contributed by atoms with E-state index in [1.54, 1.807) is 0 Å². The van der Waals surface area contributed by atoms with Crippen LogP contribution in [-0.4, -0.2) is 34.5 Å². The predicted molar refractivity (Wildman–Crippen MR) is 198 cm³/mol. The van der Waals surface area contributed by atoms with Crippen molar-refractivity contribution in [2.24, 2.45) is 0 Å². The van der Waals surface area contributed by atoms with Crippen LogP contribution in [0.15, 0.2) is 182 Å². The number of alkyl halides is 6. The van der Waals surface area contributed by atoms with Gasteiger partial charge in [0.05, 0.1) is 0 Å². The number of carboxylic acid groups (broad SMARTS) is 2. The number of hydrogen-bond donors (Lipinski definition) is 2. The van der Waals surface area contributed by atoms with Crippen molar-refractivity contribution < 1.29 is 46.1 Å². The summed E-state index contributed by atoms with van der Waals surface area (Å²) in [5.41, 5.74) is 0. The van der Waals surface area contributed by atoms with Gasteiger partial charge in [0.2, 0.25) is 0 Å². The monoisotopic (exact) mass is 752 g/mol. The molecule has 0 unspecified atom stereocenters. The van der Waals surface area contributed by atoms with E-state index in [1.807, 2.05) is 0 Å². The second-order valence-electron chi connectivity index (χ2n) is 10.3. The van der Waals surface area contributed by atoms with Crippen LogP contribution >= 0.6 is 15.8 Å². The summed E-state index contributed by atoms with van der Waals surface area (Å²) in [4.78, 5) is 17.8. The van der Waals surface area contributed by atoms with Crippen molar-refractivity contribution in [1.82, 2.24) is 0 Å². The minimum atomic E-state index is -5.08. The molecule has 0 aliphatic heterocycles. The van der Waals surface area contributed by atoms with E-state index in [-0.39, 0.29) is 0 Å². The van der Waals surface area contributed by atoms with Gasteiger partial charge in [0.15, 0.2) is 0 Å². The Kier molecular flexibility index (Phi) is 16.2. The van der Waals surface area contributed by atoms with Gasteiger partial charge < -0.3 is 10.2 Å². The molecule has 52 heavy (non-hydrogen) atoms. The van der Waals surface area contributed by atoms with E-state index in [2.05, 4.69) is 182 Å². The fourth-order valence-electron chi connectivity index (χ4n) is 4.36. The Morgan fingerprint density at radius 1 is 0.327 bits per heavy atom. The van der Waals surface area contributed by atoms with Crippen LogP contribution in [0.3, 0.4) is 0 Å². The quantitative estimate of drug-likeness (QED) is 0.133. The Balaban J connectivity index is 0.000000208. The van der Waals surface area contributed by atoms with E-state index in [1.165, 1.54) is 31.8 Å². The van der Waals surface area contributed by atoms with Crippen LogP contribution in [0.25, 0.3) is 0 Å². The molecule has 0 fully saturated rings. The maximum absolute atomic E-state index is 10.6. The number of halogens is 6. The molecule has 0 heterocycles. The molecule has 0 saturated carbocycles. The minimum Gasteiger partial charge on any atom is -0.475 e. The average molecular weight is 753 g/mol. The van der Waals surface area contributed by atoms with Gasteiger partial charge in [0.25, 0.3) is 0 Å². The van der Waals surface area contributed by atoms with Crippen molar-refractivity contribution in [2.45, 2.75) is 12.4 Å². The number of benzene rings is 6. The van der Waals surface area contributed by atoms with Crippen molar-refractivity contribution in [3.63, 3.8) is 0 Å². The first-order valence-electron chi connectivity index (χ1n) is 15.3. The Morgan fingerprint density at radius 3 is 0.538 bits per heavy atom. The zero-order valence-corrected chi connectivity index (χ0v) is 29.0. The Hall–Kier alpha value is -5.30. The second kappa shape index (κ2) is 20.5. The number of hydrogen-bond acceptors (Lipinski definition) is 2. The molecule has 0 spiro atoms. The normalized spacial score (nSPS) is 10.8. The second-order valence-corrected chi connectivity index (χ2v) is 14.7. The summed E-state index contributed by atoms with van der Waals surface area (Å²) in [7, 11) is -0.892. The summed E-state index contributed by atoms with van der Waals surface area (Å²) >= 11 is 0. The van der Waals surface area contributed by atoms with Crippen LogP contribution in [0.1, 0.15) is 0 Å². The topological polar surface area (TPSA) is 74.6 Å². The lowest BCUT2D eigenvalue weighted by atomic mass is 10.4. The van der Waals surface area contributed by atoms with Crippen LogP contribution in [0, 0.1) is 0 Å². The summed E-state index contributed by atoms with van der Waals surface area (Å²) in [5, 5.41) is 22.6. The van der Waals surface area contributed by atoms with Gasteiger partial charge >= 0.3 is 24.3 Å². The molecular formula is C40H32F6O4P2. The lowest BCUT2D eigenvalue weighted by molar-refractivity contribution is -0.193. The zero-order chi connectivity index (χ0) is 38.0. The summed E-state index contributed by atoms with van der Waals surface area (Å²) in [6.45, 7) is 0. The van der Waals surface area contributed by atoms with Crippen LogP contribution in [-0.2, 0) is 9.59 Å². The van der Waals surface area contributed by atoms with E-state index >= 15 is 0 Å². The molecule has 6 rings (SSSR count). The fourth-order valence-corrected chi connectivity index (χ4v) is 8.97. The number of aliphatic carboxylic acids is 2. The summed E-state index contributed by atoms with van der Waals surface area (Å²) in [6, 6.07) is 64.7. The highest BCUT2D eigenvalue weighted by Gasteiger charge is 2.38. The predicted octanol–water partition coefficient (Wildman–Crippen LogP) is 8.16.